The number of pyridine rings is 1. The molecule has 30 heavy (non-hydrogen) atoms. The molecule has 4 rings (SSSR count). The number of hydroxylamine groups is 1. The lowest BCUT2D eigenvalue weighted by atomic mass is 10.1. The molecule has 150 valence electrons. The topological polar surface area (TPSA) is 120 Å². The van der Waals surface area contributed by atoms with Crippen molar-refractivity contribution in [3.05, 3.63) is 84.2 Å². The summed E-state index contributed by atoms with van der Waals surface area (Å²) in [5.41, 5.74) is 5.88. The Labute approximate surface area is 172 Å². The Hall–Kier alpha value is -4.11. The van der Waals surface area contributed by atoms with Crippen LogP contribution in [0, 0.1) is 6.92 Å². The molecule has 0 saturated carbocycles. The van der Waals surface area contributed by atoms with E-state index < -0.39 is 5.91 Å². The third-order valence-corrected chi connectivity index (χ3v) is 4.65. The first kappa shape index (κ1) is 19.2. The van der Waals surface area contributed by atoms with Crippen LogP contribution < -0.4 is 10.4 Å². The van der Waals surface area contributed by atoms with Crippen LogP contribution in [0.1, 0.15) is 21.6 Å². The number of carbonyl (C=O) groups is 1. The summed E-state index contributed by atoms with van der Waals surface area (Å²) in [4.78, 5) is 26.6. The summed E-state index contributed by atoms with van der Waals surface area (Å²) in [6, 6.07) is 10.8. The molecule has 0 fully saturated rings. The summed E-state index contributed by atoms with van der Waals surface area (Å²) >= 11 is 0. The number of carbonyl (C=O) groups excluding carboxylic acids is 1. The molecule has 9 nitrogen and oxygen atoms in total. The van der Waals surface area contributed by atoms with Crippen LogP contribution in [0.3, 0.4) is 0 Å². The summed E-state index contributed by atoms with van der Waals surface area (Å²) in [5, 5.41) is 15.8. The molecule has 0 radical (unpaired) electrons. The van der Waals surface area contributed by atoms with Gasteiger partial charge in [0.2, 0.25) is 0 Å². The van der Waals surface area contributed by atoms with Gasteiger partial charge < -0.3 is 4.90 Å². The van der Waals surface area contributed by atoms with Crippen molar-refractivity contribution < 1.29 is 10.0 Å². The van der Waals surface area contributed by atoms with Crippen LogP contribution in [-0.4, -0.2) is 36.3 Å². The van der Waals surface area contributed by atoms with Crippen LogP contribution in [0.5, 0.6) is 0 Å². The number of rotatable bonds is 6. The van der Waals surface area contributed by atoms with Crippen LogP contribution in [0.4, 0.5) is 11.6 Å². The first-order valence-electron chi connectivity index (χ1n) is 9.19. The van der Waals surface area contributed by atoms with E-state index in [9.17, 15) is 4.79 Å². The lowest BCUT2D eigenvalue weighted by Crippen LogP contribution is -2.20. The number of nitrogens with zero attached hydrogens (tertiary/aromatic N) is 5. The standard InChI is InChI=1S/C21H19N7O2/c1-14-18(11-25-26-14)17-6-7-23-19(10-17)28(20-12-22-8-9-24-20)13-15-2-4-16(5-3-15)21(29)27-30/h2-12,30H,13H2,1H3,(H,25,26)(H,27,29). The van der Waals surface area contributed by atoms with E-state index in [1.54, 1.807) is 48.6 Å². The summed E-state index contributed by atoms with van der Waals surface area (Å²) in [7, 11) is 0. The average Bonchev–Trinajstić information content (AvgIpc) is 3.24. The number of aryl methyl sites for hydroxylation is 1. The number of nitrogens with one attached hydrogen (secondary N) is 2. The maximum atomic E-state index is 11.6. The fraction of sp³-hybridized carbons (Fsp3) is 0.0952. The van der Waals surface area contributed by atoms with Crippen molar-refractivity contribution in [3.8, 4) is 11.1 Å². The number of H-pyrrole nitrogens is 1. The van der Waals surface area contributed by atoms with Gasteiger partial charge in [-0.15, -0.1) is 0 Å². The zero-order valence-electron chi connectivity index (χ0n) is 16.1. The van der Waals surface area contributed by atoms with E-state index in [1.165, 1.54) is 0 Å². The highest BCUT2D eigenvalue weighted by molar-refractivity contribution is 5.93. The predicted molar refractivity (Wildman–Crippen MR) is 110 cm³/mol. The van der Waals surface area contributed by atoms with Crippen LogP contribution >= 0.6 is 0 Å². The monoisotopic (exact) mass is 401 g/mol. The number of aromatic nitrogens is 5. The van der Waals surface area contributed by atoms with Crippen molar-refractivity contribution in [1.29, 1.82) is 0 Å². The van der Waals surface area contributed by atoms with Gasteiger partial charge >= 0.3 is 0 Å². The van der Waals surface area contributed by atoms with E-state index in [1.807, 2.05) is 36.1 Å². The Balaban J connectivity index is 1.70. The quantitative estimate of drug-likeness (QED) is 0.335. The van der Waals surface area contributed by atoms with Gasteiger partial charge in [-0.1, -0.05) is 12.1 Å². The van der Waals surface area contributed by atoms with Gasteiger partial charge in [-0.05, 0) is 42.3 Å². The number of anilines is 2. The molecule has 0 spiro atoms. The van der Waals surface area contributed by atoms with Crippen molar-refractivity contribution in [2.45, 2.75) is 13.5 Å². The number of hydrogen-bond acceptors (Lipinski definition) is 7. The van der Waals surface area contributed by atoms with E-state index in [0.29, 0.717) is 23.7 Å². The van der Waals surface area contributed by atoms with Crippen molar-refractivity contribution in [2.24, 2.45) is 0 Å². The Morgan fingerprint density at radius 1 is 1.07 bits per heavy atom. The molecule has 3 heterocycles. The minimum absolute atomic E-state index is 0.364. The van der Waals surface area contributed by atoms with E-state index in [-0.39, 0.29) is 0 Å². The molecule has 0 aliphatic heterocycles. The van der Waals surface area contributed by atoms with Crippen LogP contribution in [0.15, 0.2) is 67.4 Å². The second-order valence-corrected chi connectivity index (χ2v) is 6.60. The third-order valence-electron chi connectivity index (χ3n) is 4.65. The fourth-order valence-electron chi connectivity index (χ4n) is 3.09. The Morgan fingerprint density at radius 2 is 1.87 bits per heavy atom. The number of benzene rings is 1. The van der Waals surface area contributed by atoms with Crippen molar-refractivity contribution in [2.75, 3.05) is 4.90 Å². The largest absolute Gasteiger partial charge is 0.305 e. The molecule has 0 aliphatic carbocycles. The average molecular weight is 401 g/mol. The van der Waals surface area contributed by atoms with Gasteiger partial charge in [-0.25, -0.2) is 15.4 Å². The molecule has 0 unspecified atom stereocenters. The molecule has 0 aliphatic rings. The first-order chi connectivity index (χ1) is 14.7. The fourth-order valence-corrected chi connectivity index (χ4v) is 3.09. The lowest BCUT2D eigenvalue weighted by molar-refractivity contribution is 0.0706. The molecule has 0 atom stereocenters. The van der Waals surface area contributed by atoms with Gasteiger partial charge in [0.05, 0.1) is 18.9 Å². The summed E-state index contributed by atoms with van der Waals surface area (Å²) in [6.07, 6.45) is 8.44. The molecular formula is C21H19N7O2. The summed E-state index contributed by atoms with van der Waals surface area (Å²) in [6.45, 7) is 2.42. The molecule has 3 N–H and O–H groups in total. The molecule has 9 heteroatoms. The Morgan fingerprint density at radius 3 is 2.53 bits per heavy atom. The molecular weight excluding hydrogens is 382 g/mol. The van der Waals surface area contributed by atoms with E-state index in [2.05, 4.69) is 25.1 Å². The molecule has 1 amide bonds. The lowest BCUT2D eigenvalue weighted by Gasteiger charge is -2.23. The highest BCUT2D eigenvalue weighted by Gasteiger charge is 2.15. The Kier molecular flexibility index (Phi) is 5.44. The van der Waals surface area contributed by atoms with Gasteiger partial charge in [0.1, 0.15) is 5.82 Å². The van der Waals surface area contributed by atoms with Gasteiger partial charge in [-0.3, -0.25) is 20.1 Å². The first-order valence-corrected chi connectivity index (χ1v) is 9.19. The third kappa shape index (κ3) is 4.01. The van der Waals surface area contributed by atoms with Gasteiger partial charge in [0.15, 0.2) is 5.82 Å². The zero-order valence-corrected chi connectivity index (χ0v) is 16.1. The SMILES string of the molecule is Cc1[nH]ncc1-c1ccnc(N(Cc2ccc(C(=O)NO)cc2)c2cnccn2)c1. The highest BCUT2D eigenvalue weighted by atomic mass is 16.5. The van der Waals surface area contributed by atoms with Crippen LogP contribution in [0.25, 0.3) is 11.1 Å². The van der Waals surface area contributed by atoms with Gasteiger partial charge in [-0.2, -0.15) is 5.10 Å². The van der Waals surface area contributed by atoms with Gasteiger partial charge in [0, 0.05) is 35.4 Å². The molecule has 0 bridgehead atoms. The van der Waals surface area contributed by atoms with E-state index in [0.717, 1.165) is 22.4 Å². The van der Waals surface area contributed by atoms with E-state index >= 15 is 0 Å². The van der Waals surface area contributed by atoms with Gasteiger partial charge in [0.25, 0.3) is 5.91 Å². The number of amides is 1. The second kappa shape index (κ2) is 8.50. The van der Waals surface area contributed by atoms with E-state index in [4.69, 9.17) is 5.21 Å². The summed E-state index contributed by atoms with van der Waals surface area (Å²) in [5.74, 6) is 0.784. The van der Waals surface area contributed by atoms with Crippen molar-refractivity contribution >= 4 is 17.5 Å². The molecule has 0 saturated heterocycles. The normalized spacial score (nSPS) is 10.6. The molecule has 1 aromatic carbocycles. The van der Waals surface area contributed by atoms with Crippen LogP contribution in [0.2, 0.25) is 0 Å². The smallest absolute Gasteiger partial charge is 0.274 e. The maximum Gasteiger partial charge on any atom is 0.274 e. The highest BCUT2D eigenvalue weighted by Crippen LogP contribution is 2.29. The number of hydrogen-bond donors (Lipinski definition) is 3. The van der Waals surface area contributed by atoms with Crippen molar-refractivity contribution in [1.82, 2.24) is 30.6 Å². The molecule has 3 aromatic heterocycles. The summed E-state index contributed by atoms with van der Waals surface area (Å²) < 4.78 is 0. The Bertz CT molecular complexity index is 1140. The minimum atomic E-state index is -0.558. The predicted octanol–water partition coefficient (Wildman–Crippen LogP) is 3.03. The zero-order chi connectivity index (χ0) is 20.9. The van der Waals surface area contributed by atoms with Crippen LogP contribution in [-0.2, 0) is 6.54 Å². The minimum Gasteiger partial charge on any atom is -0.305 e. The number of aromatic amines is 1. The second-order valence-electron chi connectivity index (χ2n) is 6.60. The van der Waals surface area contributed by atoms with Crippen molar-refractivity contribution in [3.63, 3.8) is 0 Å². The molecule has 4 aromatic rings. The maximum absolute atomic E-state index is 11.6.